The van der Waals surface area contributed by atoms with Crippen molar-refractivity contribution in [1.82, 2.24) is 19.9 Å². The fourth-order valence-electron chi connectivity index (χ4n) is 2.60. The molecule has 0 bridgehead atoms. The molecule has 3 rings (SSSR count). The Kier molecular flexibility index (Phi) is 4.08. The van der Waals surface area contributed by atoms with Crippen LogP contribution in [0.3, 0.4) is 0 Å². The van der Waals surface area contributed by atoms with Gasteiger partial charge in [0.2, 0.25) is 0 Å². The molecule has 1 saturated heterocycles. The van der Waals surface area contributed by atoms with Gasteiger partial charge in [0.15, 0.2) is 0 Å². The quantitative estimate of drug-likeness (QED) is 0.913. The van der Waals surface area contributed by atoms with E-state index in [1.807, 2.05) is 12.3 Å². The maximum atomic E-state index is 11.7. The number of ether oxygens (including phenoxy) is 1. The predicted molar refractivity (Wildman–Crippen MR) is 77.8 cm³/mol. The smallest absolute Gasteiger partial charge is 0.251 e. The Morgan fingerprint density at radius 1 is 1.52 bits per heavy atom. The van der Waals surface area contributed by atoms with Crippen molar-refractivity contribution in [1.29, 1.82) is 0 Å². The zero-order valence-electron chi connectivity index (χ0n) is 12.0. The molecule has 21 heavy (non-hydrogen) atoms. The predicted octanol–water partition coefficient (Wildman–Crippen LogP) is 1.05. The number of aromatic amines is 1. The lowest BCUT2D eigenvalue weighted by Crippen LogP contribution is -2.40. The number of nitrogens with one attached hydrogen (secondary N) is 1. The van der Waals surface area contributed by atoms with Gasteiger partial charge in [-0.2, -0.15) is 0 Å². The second-order valence-corrected chi connectivity index (χ2v) is 5.18. The molecule has 6 nitrogen and oxygen atoms in total. The summed E-state index contributed by atoms with van der Waals surface area (Å²) in [5.41, 5.74) is 1.79. The summed E-state index contributed by atoms with van der Waals surface area (Å²) in [5.74, 6) is 0.629. The number of hydrogen-bond donors (Lipinski definition) is 1. The summed E-state index contributed by atoms with van der Waals surface area (Å²) in [5, 5.41) is 0. The Bertz CT molecular complexity index is 656. The van der Waals surface area contributed by atoms with E-state index in [0.29, 0.717) is 19.0 Å². The molecule has 3 heterocycles. The first-order valence-electron chi connectivity index (χ1n) is 7.01. The maximum Gasteiger partial charge on any atom is 0.251 e. The van der Waals surface area contributed by atoms with Gasteiger partial charge < -0.3 is 9.72 Å². The van der Waals surface area contributed by atoms with Gasteiger partial charge in [0.1, 0.15) is 5.82 Å². The largest absolute Gasteiger partial charge is 0.378 e. The highest BCUT2D eigenvalue weighted by atomic mass is 16.5. The minimum absolute atomic E-state index is 0.0000406. The molecule has 0 amide bonds. The van der Waals surface area contributed by atoms with Crippen LogP contribution in [0.25, 0.3) is 0 Å². The molecular weight excluding hydrogens is 268 g/mol. The first kappa shape index (κ1) is 13.9. The SMILES string of the molecule is Cc1nc(C2COCCN2Cc2cccnc2)cc(=O)[nH]1. The minimum atomic E-state index is -0.121. The third-order valence-electron chi connectivity index (χ3n) is 3.57. The van der Waals surface area contributed by atoms with Crippen LogP contribution < -0.4 is 5.56 Å². The van der Waals surface area contributed by atoms with Crippen molar-refractivity contribution in [3.8, 4) is 0 Å². The highest BCUT2D eigenvalue weighted by Gasteiger charge is 2.26. The second-order valence-electron chi connectivity index (χ2n) is 5.18. The molecule has 1 unspecified atom stereocenters. The van der Waals surface area contributed by atoms with E-state index in [4.69, 9.17) is 4.74 Å². The Morgan fingerprint density at radius 3 is 3.19 bits per heavy atom. The van der Waals surface area contributed by atoms with Crippen LogP contribution in [-0.4, -0.2) is 39.6 Å². The van der Waals surface area contributed by atoms with Crippen molar-refractivity contribution in [2.45, 2.75) is 19.5 Å². The van der Waals surface area contributed by atoms with E-state index in [9.17, 15) is 4.79 Å². The normalized spacial score (nSPS) is 19.6. The molecule has 1 atom stereocenters. The van der Waals surface area contributed by atoms with Crippen molar-refractivity contribution >= 4 is 0 Å². The van der Waals surface area contributed by atoms with E-state index >= 15 is 0 Å². The molecule has 6 heteroatoms. The highest BCUT2D eigenvalue weighted by Crippen LogP contribution is 2.23. The molecule has 1 aliphatic heterocycles. The first-order valence-corrected chi connectivity index (χ1v) is 7.01. The maximum absolute atomic E-state index is 11.7. The number of aromatic nitrogens is 3. The van der Waals surface area contributed by atoms with Crippen molar-refractivity contribution in [2.75, 3.05) is 19.8 Å². The van der Waals surface area contributed by atoms with Crippen LogP contribution >= 0.6 is 0 Å². The van der Waals surface area contributed by atoms with Crippen molar-refractivity contribution < 1.29 is 4.74 Å². The fourth-order valence-corrected chi connectivity index (χ4v) is 2.60. The summed E-state index contributed by atoms with van der Waals surface area (Å²) in [4.78, 5) is 25.2. The van der Waals surface area contributed by atoms with Crippen LogP contribution in [0.2, 0.25) is 0 Å². The lowest BCUT2D eigenvalue weighted by molar-refractivity contribution is -0.0144. The summed E-state index contributed by atoms with van der Waals surface area (Å²) < 4.78 is 5.57. The number of hydrogen-bond acceptors (Lipinski definition) is 5. The zero-order chi connectivity index (χ0) is 14.7. The van der Waals surface area contributed by atoms with Gasteiger partial charge >= 0.3 is 0 Å². The lowest BCUT2D eigenvalue weighted by atomic mass is 10.1. The Balaban J connectivity index is 1.85. The molecule has 2 aromatic rings. The zero-order valence-corrected chi connectivity index (χ0v) is 12.0. The molecule has 1 fully saturated rings. The molecule has 0 radical (unpaired) electrons. The third-order valence-corrected chi connectivity index (χ3v) is 3.57. The molecule has 0 aromatic carbocycles. The molecule has 0 aliphatic carbocycles. The van der Waals surface area contributed by atoms with Crippen LogP contribution in [-0.2, 0) is 11.3 Å². The number of morpholine rings is 1. The average molecular weight is 286 g/mol. The van der Waals surface area contributed by atoms with Crippen LogP contribution in [0.5, 0.6) is 0 Å². The summed E-state index contributed by atoms with van der Waals surface area (Å²) in [6.07, 6.45) is 3.63. The van der Waals surface area contributed by atoms with Crippen LogP contribution in [0.4, 0.5) is 0 Å². The molecule has 1 N–H and O–H groups in total. The standard InChI is InChI=1S/C15H18N4O2/c1-11-17-13(7-15(20)18-11)14-10-21-6-5-19(14)9-12-3-2-4-16-8-12/h2-4,7-8,14H,5-6,9-10H2,1H3,(H,17,18,20). The molecule has 0 saturated carbocycles. The van der Waals surface area contributed by atoms with E-state index in [2.05, 4.69) is 25.9 Å². The number of H-pyrrole nitrogens is 1. The van der Waals surface area contributed by atoms with Crippen molar-refractivity contribution in [3.63, 3.8) is 0 Å². The number of rotatable bonds is 3. The molecular formula is C15H18N4O2. The molecule has 0 spiro atoms. The van der Waals surface area contributed by atoms with Gasteiger partial charge in [-0.25, -0.2) is 4.98 Å². The summed E-state index contributed by atoms with van der Waals surface area (Å²) in [6, 6.07) is 5.54. The van der Waals surface area contributed by atoms with Gasteiger partial charge in [0, 0.05) is 31.5 Å². The summed E-state index contributed by atoms with van der Waals surface area (Å²) in [7, 11) is 0. The van der Waals surface area contributed by atoms with Gasteiger partial charge in [0.25, 0.3) is 5.56 Å². The van der Waals surface area contributed by atoms with E-state index in [-0.39, 0.29) is 11.6 Å². The minimum Gasteiger partial charge on any atom is -0.378 e. The van der Waals surface area contributed by atoms with Gasteiger partial charge in [-0.1, -0.05) is 6.07 Å². The number of aryl methyl sites for hydroxylation is 1. The van der Waals surface area contributed by atoms with Crippen LogP contribution in [0.1, 0.15) is 23.1 Å². The van der Waals surface area contributed by atoms with Gasteiger partial charge in [-0.15, -0.1) is 0 Å². The molecule has 2 aromatic heterocycles. The monoisotopic (exact) mass is 286 g/mol. The van der Waals surface area contributed by atoms with Gasteiger partial charge in [-0.05, 0) is 18.6 Å². The Labute approximate surface area is 122 Å². The van der Waals surface area contributed by atoms with E-state index in [0.717, 1.165) is 24.3 Å². The average Bonchev–Trinajstić information content (AvgIpc) is 2.48. The molecule has 110 valence electrons. The molecule has 1 aliphatic rings. The summed E-state index contributed by atoms with van der Waals surface area (Å²) >= 11 is 0. The lowest BCUT2D eigenvalue weighted by Gasteiger charge is -2.35. The van der Waals surface area contributed by atoms with E-state index < -0.39 is 0 Å². The van der Waals surface area contributed by atoms with Crippen LogP contribution in [0.15, 0.2) is 35.4 Å². The number of pyridine rings is 1. The topological polar surface area (TPSA) is 71.1 Å². The van der Waals surface area contributed by atoms with E-state index in [1.165, 1.54) is 0 Å². The number of nitrogens with zero attached hydrogens (tertiary/aromatic N) is 3. The second kappa shape index (κ2) is 6.15. The van der Waals surface area contributed by atoms with Gasteiger partial charge in [0.05, 0.1) is 24.9 Å². The third kappa shape index (κ3) is 3.34. The van der Waals surface area contributed by atoms with Crippen molar-refractivity contribution in [3.05, 3.63) is 58.0 Å². The fraction of sp³-hybridized carbons (Fsp3) is 0.400. The summed E-state index contributed by atoms with van der Waals surface area (Å²) in [6.45, 7) is 4.62. The van der Waals surface area contributed by atoms with Crippen molar-refractivity contribution in [2.24, 2.45) is 0 Å². The van der Waals surface area contributed by atoms with Gasteiger partial charge in [-0.3, -0.25) is 14.7 Å². The first-order chi connectivity index (χ1) is 10.2. The van der Waals surface area contributed by atoms with Crippen LogP contribution in [0, 0.1) is 6.92 Å². The highest BCUT2D eigenvalue weighted by molar-refractivity contribution is 5.12. The van der Waals surface area contributed by atoms with E-state index in [1.54, 1.807) is 19.2 Å². The Hall–Kier alpha value is -2.05. The Morgan fingerprint density at radius 2 is 2.43 bits per heavy atom.